The van der Waals surface area contributed by atoms with E-state index in [9.17, 15) is 14.3 Å². The number of phenolic OH excluding ortho intramolecular Hbond substituents is 1. The van der Waals surface area contributed by atoms with Crippen LogP contribution in [-0.2, 0) is 4.79 Å². The van der Waals surface area contributed by atoms with Gasteiger partial charge in [-0.3, -0.25) is 4.79 Å². The molecule has 2 heterocycles. The zero-order chi connectivity index (χ0) is 19.0. The van der Waals surface area contributed by atoms with Crippen LogP contribution in [0.25, 0.3) is 5.69 Å². The molecule has 4 rings (SSSR count). The van der Waals surface area contributed by atoms with Crippen LogP contribution in [0.3, 0.4) is 0 Å². The predicted octanol–water partition coefficient (Wildman–Crippen LogP) is 3.59. The summed E-state index contributed by atoms with van der Waals surface area (Å²) in [5.41, 5.74) is 2.36. The SMILES string of the molecule is CCOc1cc(C2CC(=O)Nc3c2cnn3-c2ccc(F)cc2)ccc1O. The van der Waals surface area contributed by atoms with Crippen LogP contribution in [0, 0.1) is 5.82 Å². The number of aromatic nitrogens is 2. The first-order valence-electron chi connectivity index (χ1n) is 8.66. The second kappa shape index (κ2) is 6.75. The number of aromatic hydroxyl groups is 1. The Hall–Kier alpha value is -3.35. The van der Waals surface area contributed by atoms with Crippen LogP contribution >= 0.6 is 0 Å². The maximum Gasteiger partial charge on any atom is 0.226 e. The molecule has 1 amide bonds. The Morgan fingerprint density at radius 1 is 1.30 bits per heavy atom. The fourth-order valence-corrected chi connectivity index (χ4v) is 3.31. The number of phenols is 1. The normalized spacial score (nSPS) is 15.9. The largest absolute Gasteiger partial charge is 0.504 e. The van der Waals surface area contributed by atoms with Crippen molar-refractivity contribution >= 4 is 11.7 Å². The van der Waals surface area contributed by atoms with E-state index in [1.807, 2.05) is 6.92 Å². The van der Waals surface area contributed by atoms with E-state index in [1.165, 1.54) is 12.1 Å². The molecule has 6 nitrogen and oxygen atoms in total. The highest BCUT2D eigenvalue weighted by molar-refractivity contribution is 5.94. The van der Waals surface area contributed by atoms with Gasteiger partial charge >= 0.3 is 0 Å². The minimum atomic E-state index is -0.339. The Morgan fingerprint density at radius 3 is 2.81 bits per heavy atom. The number of fused-ring (bicyclic) bond motifs is 1. The highest BCUT2D eigenvalue weighted by atomic mass is 19.1. The Balaban J connectivity index is 1.77. The molecule has 0 radical (unpaired) electrons. The summed E-state index contributed by atoms with van der Waals surface area (Å²) in [5, 5.41) is 17.2. The first-order chi connectivity index (χ1) is 13.1. The van der Waals surface area contributed by atoms with Crippen molar-refractivity contribution in [3.8, 4) is 17.2 Å². The summed E-state index contributed by atoms with van der Waals surface area (Å²) < 4.78 is 20.3. The molecule has 1 aliphatic heterocycles. The van der Waals surface area contributed by atoms with Gasteiger partial charge in [-0.05, 0) is 48.9 Å². The van der Waals surface area contributed by atoms with Crippen LogP contribution in [0.15, 0.2) is 48.7 Å². The second-order valence-electron chi connectivity index (χ2n) is 6.30. The summed E-state index contributed by atoms with van der Waals surface area (Å²) >= 11 is 0. The molecule has 2 aromatic carbocycles. The fourth-order valence-electron chi connectivity index (χ4n) is 3.31. The van der Waals surface area contributed by atoms with Crippen molar-refractivity contribution in [1.29, 1.82) is 0 Å². The molecule has 0 saturated heterocycles. The maximum atomic E-state index is 13.2. The summed E-state index contributed by atoms with van der Waals surface area (Å²) in [6, 6.07) is 11.0. The third kappa shape index (κ3) is 3.12. The number of rotatable bonds is 4. The predicted molar refractivity (Wildman–Crippen MR) is 97.9 cm³/mol. The standard InChI is InChI=1S/C20H18FN3O3/c1-2-27-18-9-12(3-8-17(18)25)15-10-19(26)23-20-16(15)11-22-24(20)14-6-4-13(21)5-7-14/h3-9,11,15,25H,2,10H2,1H3,(H,23,26). The number of amides is 1. The number of benzene rings is 2. The maximum absolute atomic E-state index is 13.2. The molecule has 1 aromatic heterocycles. The van der Waals surface area contributed by atoms with Gasteiger partial charge in [-0.25, -0.2) is 9.07 Å². The van der Waals surface area contributed by atoms with Gasteiger partial charge in [-0.1, -0.05) is 6.07 Å². The highest BCUT2D eigenvalue weighted by Gasteiger charge is 2.30. The van der Waals surface area contributed by atoms with Crippen LogP contribution < -0.4 is 10.1 Å². The average Bonchev–Trinajstić information content (AvgIpc) is 3.07. The molecule has 0 saturated carbocycles. The van der Waals surface area contributed by atoms with Crippen molar-refractivity contribution in [3.63, 3.8) is 0 Å². The summed E-state index contributed by atoms with van der Waals surface area (Å²) in [4.78, 5) is 12.3. The molecule has 0 aliphatic carbocycles. The molecular weight excluding hydrogens is 349 g/mol. The molecule has 1 unspecified atom stereocenters. The lowest BCUT2D eigenvalue weighted by Crippen LogP contribution is -2.24. The quantitative estimate of drug-likeness (QED) is 0.739. The summed E-state index contributed by atoms with van der Waals surface area (Å²) in [6.45, 7) is 2.26. The van der Waals surface area contributed by atoms with E-state index in [-0.39, 0.29) is 29.8 Å². The molecule has 1 atom stereocenters. The van der Waals surface area contributed by atoms with Crippen molar-refractivity contribution in [2.24, 2.45) is 0 Å². The summed E-state index contributed by atoms with van der Waals surface area (Å²) in [6.07, 6.45) is 1.97. The van der Waals surface area contributed by atoms with Gasteiger partial charge in [0.05, 0.1) is 18.5 Å². The van der Waals surface area contributed by atoms with Gasteiger partial charge in [0.2, 0.25) is 5.91 Å². The Labute approximate surface area is 155 Å². The van der Waals surface area contributed by atoms with Crippen molar-refractivity contribution in [2.75, 3.05) is 11.9 Å². The lowest BCUT2D eigenvalue weighted by Gasteiger charge is -2.24. The van der Waals surface area contributed by atoms with Gasteiger partial charge < -0.3 is 15.2 Å². The van der Waals surface area contributed by atoms with E-state index in [0.29, 0.717) is 23.9 Å². The van der Waals surface area contributed by atoms with E-state index in [2.05, 4.69) is 10.4 Å². The number of carbonyl (C=O) groups excluding carboxylic acids is 1. The molecule has 2 N–H and O–H groups in total. The molecule has 138 valence electrons. The summed E-state index contributed by atoms with van der Waals surface area (Å²) in [7, 11) is 0. The van der Waals surface area contributed by atoms with Crippen molar-refractivity contribution in [2.45, 2.75) is 19.3 Å². The van der Waals surface area contributed by atoms with E-state index in [0.717, 1.165) is 11.1 Å². The highest BCUT2D eigenvalue weighted by Crippen LogP contribution is 2.40. The Kier molecular flexibility index (Phi) is 4.27. The number of halogens is 1. The number of nitrogens with zero attached hydrogens (tertiary/aromatic N) is 2. The van der Waals surface area contributed by atoms with Gasteiger partial charge in [0, 0.05) is 17.9 Å². The first kappa shape index (κ1) is 17.1. The number of ether oxygens (including phenoxy) is 1. The van der Waals surface area contributed by atoms with E-state index in [4.69, 9.17) is 4.74 Å². The third-order valence-corrected chi connectivity index (χ3v) is 4.58. The molecule has 0 spiro atoms. The van der Waals surface area contributed by atoms with Crippen LogP contribution in [-0.4, -0.2) is 27.4 Å². The van der Waals surface area contributed by atoms with E-state index >= 15 is 0 Å². The zero-order valence-corrected chi connectivity index (χ0v) is 14.6. The lowest BCUT2D eigenvalue weighted by atomic mass is 9.87. The number of carbonyl (C=O) groups is 1. The average molecular weight is 367 g/mol. The van der Waals surface area contributed by atoms with E-state index in [1.54, 1.807) is 41.2 Å². The number of hydrogen-bond acceptors (Lipinski definition) is 4. The Morgan fingerprint density at radius 2 is 2.07 bits per heavy atom. The fraction of sp³-hybridized carbons (Fsp3) is 0.200. The smallest absolute Gasteiger partial charge is 0.226 e. The van der Waals surface area contributed by atoms with Crippen molar-refractivity contribution < 1.29 is 19.0 Å². The first-order valence-corrected chi connectivity index (χ1v) is 8.66. The lowest BCUT2D eigenvalue weighted by molar-refractivity contribution is -0.116. The molecule has 1 aliphatic rings. The molecular formula is C20H18FN3O3. The van der Waals surface area contributed by atoms with Gasteiger partial charge in [-0.15, -0.1) is 0 Å². The molecule has 0 bridgehead atoms. The van der Waals surface area contributed by atoms with Gasteiger partial charge in [0.25, 0.3) is 0 Å². The third-order valence-electron chi connectivity index (χ3n) is 4.58. The number of anilines is 1. The molecule has 0 fully saturated rings. The monoisotopic (exact) mass is 367 g/mol. The number of hydrogen-bond donors (Lipinski definition) is 2. The molecule has 27 heavy (non-hydrogen) atoms. The number of nitrogens with one attached hydrogen (secondary N) is 1. The van der Waals surface area contributed by atoms with Crippen molar-refractivity contribution in [1.82, 2.24) is 9.78 Å². The second-order valence-corrected chi connectivity index (χ2v) is 6.30. The van der Waals surface area contributed by atoms with Crippen LogP contribution in [0.1, 0.15) is 30.4 Å². The zero-order valence-electron chi connectivity index (χ0n) is 14.6. The van der Waals surface area contributed by atoms with Gasteiger partial charge in [0.1, 0.15) is 11.6 Å². The van der Waals surface area contributed by atoms with Crippen LogP contribution in [0.2, 0.25) is 0 Å². The van der Waals surface area contributed by atoms with Crippen LogP contribution in [0.5, 0.6) is 11.5 Å². The minimum absolute atomic E-state index is 0.0584. The minimum Gasteiger partial charge on any atom is -0.504 e. The van der Waals surface area contributed by atoms with Gasteiger partial charge in [-0.2, -0.15) is 5.10 Å². The van der Waals surface area contributed by atoms with Crippen molar-refractivity contribution in [3.05, 3.63) is 65.6 Å². The Bertz CT molecular complexity index is 998. The molecule has 3 aromatic rings. The molecule has 7 heteroatoms. The van der Waals surface area contributed by atoms with Gasteiger partial charge in [0.15, 0.2) is 11.5 Å². The van der Waals surface area contributed by atoms with E-state index < -0.39 is 0 Å². The summed E-state index contributed by atoms with van der Waals surface area (Å²) in [5.74, 6) is 0.310. The topological polar surface area (TPSA) is 76.4 Å². The van der Waals surface area contributed by atoms with Crippen LogP contribution in [0.4, 0.5) is 10.2 Å².